The van der Waals surface area contributed by atoms with Gasteiger partial charge in [0, 0.05) is 17.7 Å². The average molecular weight is 229 g/mol. The fourth-order valence-electron chi connectivity index (χ4n) is 2.13. The molecule has 0 aliphatic heterocycles. The summed E-state index contributed by atoms with van der Waals surface area (Å²) in [6.07, 6.45) is 9.93. The van der Waals surface area contributed by atoms with Crippen LogP contribution in [-0.2, 0) is 4.79 Å². The quantitative estimate of drug-likeness (QED) is 0.785. The van der Waals surface area contributed by atoms with Crippen LogP contribution in [0.15, 0.2) is 0 Å². The molecule has 0 bridgehead atoms. The van der Waals surface area contributed by atoms with Crippen molar-refractivity contribution in [1.82, 2.24) is 5.32 Å². The first-order valence-electron chi connectivity index (χ1n) is 6.08. The summed E-state index contributed by atoms with van der Waals surface area (Å²) < 4.78 is 0. The average Bonchev–Trinajstić information content (AvgIpc) is 2.26. The van der Waals surface area contributed by atoms with Gasteiger partial charge in [-0.3, -0.25) is 4.79 Å². The van der Waals surface area contributed by atoms with Gasteiger partial charge in [-0.05, 0) is 31.9 Å². The topological polar surface area (TPSA) is 29.1 Å². The number of rotatable bonds is 5. The zero-order chi connectivity index (χ0) is 11.1. The molecule has 0 saturated heterocycles. The van der Waals surface area contributed by atoms with E-state index in [2.05, 4.69) is 18.5 Å². The van der Waals surface area contributed by atoms with Crippen LogP contribution in [0.4, 0.5) is 0 Å². The predicted molar refractivity (Wildman–Crippen MR) is 67.2 cm³/mol. The lowest BCUT2D eigenvalue weighted by Gasteiger charge is -2.28. The Hall–Kier alpha value is -0.180. The highest BCUT2D eigenvalue weighted by molar-refractivity contribution is 7.99. The van der Waals surface area contributed by atoms with Crippen molar-refractivity contribution in [2.75, 3.05) is 6.26 Å². The van der Waals surface area contributed by atoms with Crippen LogP contribution in [0, 0.1) is 0 Å². The van der Waals surface area contributed by atoms with E-state index in [-0.39, 0.29) is 5.91 Å². The third-order valence-electron chi connectivity index (χ3n) is 3.08. The summed E-state index contributed by atoms with van der Waals surface area (Å²) in [4.78, 5) is 11.5. The van der Waals surface area contributed by atoms with E-state index in [0.717, 1.165) is 18.1 Å². The Bertz CT molecular complexity index is 196. The molecular weight excluding hydrogens is 206 g/mol. The first-order chi connectivity index (χ1) is 7.26. The molecule has 1 amide bonds. The summed E-state index contributed by atoms with van der Waals surface area (Å²) in [6, 6.07) is 0.445. The van der Waals surface area contributed by atoms with Crippen molar-refractivity contribution in [3.63, 3.8) is 0 Å². The van der Waals surface area contributed by atoms with Gasteiger partial charge in [0.05, 0.1) is 0 Å². The fourth-order valence-corrected chi connectivity index (χ4v) is 2.95. The van der Waals surface area contributed by atoms with Crippen LogP contribution in [0.1, 0.15) is 51.9 Å². The normalized spacial score (nSPS) is 26.3. The Kier molecular flexibility index (Phi) is 6.15. The Morgan fingerprint density at radius 1 is 1.47 bits per heavy atom. The Labute approximate surface area is 97.6 Å². The van der Waals surface area contributed by atoms with Crippen molar-refractivity contribution in [3.8, 4) is 0 Å². The third-order valence-corrected chi connectivity index (χ3v) is 4.18. The molecule has 15 heavy (non-hydrogen) atoms. The molecule has 1 aliphatic rings. The molecule has 2 nitrogen and oxygen atoms in total. The molecular formula is C12H23NOS. The molecule has 3 heteroatoms. The van der Waals surface area contributed by atoms with E-state index in [1.165, 1.54) is 25.7 Å². The van der Waals surface area contributed by atoms with Gasteiger partial charge in [-0.2, -0.15) is 11.8 Å². The molecule has 0 aromatic carbocycles. The lowest BCUT2D eigenvalue weighted by Crippen LogP contribution is -2.38. The van der Waals surface area contributed by atoms with Crippen molar-refractivity contribution in [2.45, 2.75) is 63.2 Å². The van der Waals surface area contributed by atoms with E-state index in [4.69, 9.17) is 0 Å². The molecule has 0 spiro atoms. The summed E-state index contributed by atoms with van der Waals surface area (Å²) in [5, 5.41) is 3.93. The molecule has 0 radical (unpaired) electrons. The minimum atomic E-state index is 0.253. The second kappa shape index (κ2) is 7.15. The number of nitrogens with one attached hydrogen (secondary N) is 1. The number of thioether (sulfide) groups is 1. The van der Waals surface area contributed by atoms with Crippen LogP contribution in [0.2, 0.25) is 0 Å². The Morgan fingerprint density at radius 3 is 2.93 bits per heavy atom. The fraction of sp³-hybridized carbons (Fsp3) is 0.917. The summed E-state index contributed by atoms with van der Waals surface area (Å²) >= 11 is 1.94. The first-order valence-corrected chi connectivity index (χ1v) is 7.37. The highest BCUT2D eigenvalue weighted by Crippen LogP contribution is 2.26. The lowest BCUT2D eigenvalue weighted by molar-refractivity contribution is -0.122. The number of carbonyl (C=O) groups excluding carboxylic acids is 1. The van der Waals surface area contributed by atoms with Crippen LogP contribution in [0.3, 0.4) is 0 Å². The Balaban J connectivity index is 2.22. The monoisotopic (exact) mass is 229 g/mol. The highest BCUT2D eigenvalue weighted by atomic mass is 32.2. The SMILES string of the molecule is CCCCC(=O)NC1CCCC(SC)C1. The molecule has 0 heterocycles. The van der Waals surface area contributed by atoms with E-state index >= 15 is 0 Å². The van der Waals surface area contributed by atoms with Crippen molar-refractivity contribution in [1.29, 1.82) is 0 Å². The van der Waals surface area contributed by atoms with Gasteiger partial charge in [0.15, 0.2) is 0 Å². The van der Waals surface area contributed by atoms with Crippen LogP contribution >= 0.6 is 11.8 Å². The van der Waals surface area contributed by atoms with Gasteiger partial charge in [-0.15, -0.1) is 0 Å². The molecule has 1 saturated carbocycles. The Morgan fingerprint density at radius 2 is 2.27 bits per heavy atom. The smallest absolute Gasteiger partial charge is 0.220 e. The molecule has 88 valence electrons. The summed E-state index contributed by atoms with van der Waals surface area (Å²) in [5.74, 6) is 0.253. The maximum atomic E-state index is 11.5. The van der Waals surface area contributed by atoms with E-state index in [1.54, 1.807) is 0 Å². The molecule has 0 aromatic rings. The second-order valence-corrected chi connectivity index (χ2v) is 5.53. The van der Waals surface area contributed by atoms with Gasteiger partial charge in [-0.1, -0.05) is 19.8 Å². The van der Waals surface area contributed by atoms with Crippen LogP contribution in [-0.4, -0.2) is 23.5 Å². The maximum Gasteiger partial charge on any atom is 0.220 e. The number of carbonyl (C=O) groups is 1. The zero-order valence-electron chi connectivity index (χ0n) is 9.92. The van der Waals surface area contributed by atoms with Gasteiger partial charge >= 0.3 is 0 Å². The van der Waals surface area contributed by atoms with Gasteiger partial charge in [0.25, 0.3) is 0 Å². The first kappa shape index (κ1) is 12.9. The van der Waals surface area contributed by atoms with Crippen LogP contribution < -0.4 is 5.32 Å². The van der Waals surface area contributed by atoms with Crippen LogP contribution in [0.5, 0.6) is 0 Å². The number of unbranched alkanes of at least 4 members (excludes halogenated alkanes) is 1. The standard InChI is InChI=1S/C12H23NOS/c1-3-4-8-12(14)13-10-6-5-7-11(9-10)15-2/h10-11H,3-9H2,1-2H3,(H,13,14). The van der Waals surface area contributed by atoms with Crippen LogP contribution in [0.25, 0.3) is 0 Å². The van der Waals surface area contributed by atoms with Crippen molar-refractivity contribution >= 4 is 17.7 Å². The van der Waals surface area contributed by atoms with Crippen molar-refractivity contribution < 1.29 is 4.79 Å². The largest absolute Gasteiger partial charge is 0.353 e. The molecule has 1 aliphatic carbocycles. The lowest BCUT2D eigenvalue weighted by atomic mass is 9.95. The van der Waals surface area contributed by atoms with Gasteiger partial charge < -0.3 is 5.32 Å². The molecule has 2 unspecified atom stereocenters. The highest BCUT2D eigenvalue weighted by Gasteiger charge is 2.22. The van der Waals surface area contributed by atoms with E-state index in [1.807, 2.05) is 11.8 Å². The maximum absolute atomic E-state index is 11.5. The second-order valence-electron chi connectivity index (χ2n) is 4.39. The zero-order valence-corrected chi connectivity index (χ0v) is 10.7. The van der Waals surface area contributed by atoms with Gasteiger partial charge in [-0.25, -0.2) is 0 Å². The number of amides is 1. The molecule has 2 atom stereocenters. The van der Waals surface area contributed by atoms with E-state index in [0.29, 0.717) is 12.5 Å². The molecule has 1 rings (SSSR count). The molecule has 1 fully saturated rings. The minimum Gasteiger partial charge on any atom is -0.353 e. The van der Waals surface area contributed by atoms with Gasteiger partial charge in [0.1, 0.15) is 0 Å². The van der Waals surface area contributed by atoms with Crippen molar-refractivity contribution in [3.05, 3.63) is 0 Å². The molecule has 0 aromatic heterocycles. The molecule has 1 N–H and O–H groups in total. The van der Waals surface area contributed by atoms with Crippen molar-refractivity contribution in [2.24, 2.45) is 0 Å². The number of hydrogen-bond donors (Lipinski definition) is 1. The van der Waals surface area contributed by atoms with E-state index < -0.39 is 0 Å². The third kappa shape index (κ3) is 4.92. The predicted octanol–water partition coefficient (Wildman–Crippen LogP) is 2.97. The summed E-state index contributed by atoms with van der Waals surface area (Å²) in [5.41, 5.74) is 0. The van der Waals surface area contributed by atoms with Gasteiger partial charge in [0.2, 0.25) is 5.91 Å². The summed E-state index contributed by atoms with van der Waals surface area (Å²) in [6.45, 7) is 2.12. The minimum absolute atomic E-state index is 0.253. The van der Waals surface area contributed by atoms with E-state index in [9.17, 15) is 4.79 Å². The summed E-state index contributed by atoms with van der Waals surface area (Å²) in [7, 11) is 0. The number of hydrogen-bond acceptors (Lipinski definition) is 2.